The minimum absolute atomic E-state index is 0.0386. The van der Waals surface area contributed by atoms with Gasteiger partial charge in [0.2, 0.25) is 5.91 Å². The Balaban J connectivity index is 1.66. The SMILES string of the molecule is N=S(=O)(c1ccc(F)cc1)C1(c2ccc(C(F)(C(F)(F)F)C(F)(F)F)cc2)CCC(C(=O)NCC2CCOCC2)CC1. The highest BCUT2D eigenvalue weighted by molar-refractivity contribution is 7.93. The third kappa shape index (κ3) is 5.88. The molecule has 0 bridgehead atoms. The molecular formula is C28H30F8N2O3S. The molecule has 5 nitrogen and oxygen atoms in total. The molecule has 2 N–H and O–H groups in total. The fourth-order valence-corrected chi connectivity index (χ4v) is 8.02. The molecule has 0 spiro atoms. The lowest BCUT2D eigenvalue weighted by atomic mass is 9.77. The van der Waals surface area contributed by atoms with E-state index in [-0.39, 0.29) is 48.0 Å². The number of hydrogen-bond acceptors (Lipinski definition) is 4. The van der Waals surface area contributed by atoms with Crippen LogP contribution in [0.2, 0.25) is 0 Å². The van der Waals surface area contributed by atoms with E-state index in [9.17, 15) is 44.1 Å². The summed E-state index contributed by atoms with van der Waals surface area (Å²) in [4.78, 5) is 12.8. The van der Waals surface area contributed by atoms with Crippen molar-refractivity contribution in [3.63, 3.8) is 0 Å². The van der Waals surface area contributed by atoms with Gasteiger partial charge in [-0.15, -0.1) is 0 Å². The Labute approximate surface area is 238 Å². The minimum Gasteiger partial charge on any atom is -0.381 e. The lowest BCUT2D eigenvalue weighted by Crippen LogP contribution is -2.50. The predicted octanol–water partition coefficient (Wildman–Crippen LogP) is 7.15. The van der Waals surface area contributed by atoms with Gasteiger partial charge in [0.25, 0.3) is 0 Å². The molecule has 2 fully saturated rings. The highest BCUT2D eigenvalue weighted by Gasteiger charge is 2.73. The minimum atomic E-state index is -6.31. The lowest BCUT2D eigenvalue weighted by molar-refractivity contribution is -0.348. The van der Waals surface area contributed by atoms with Gasteiger partial charge in [-0.1, -0.05) is 24.3 Å². The Morgan fingerprint density at radius 2 is 1.40 bits per heavy atom. The van der Waals surface area contributed by atoms with Gasteiger partial charge in [0.1, 0.15) is 5.82 Å². The first-order valence-electron chi connectivity index (χ1n) is 13.4. The molecule has 2 aromatic carbocycles. The first-order chi connectivity index (χ1) is 19.5. The second-order valence-corrected chi connectivity index (χ2v) is 13.2. The lowest BCUT2D eigenvalue weighted by Gasteiger charge is -2.42. The second-order valence-electron chi connectivity index (χ2n) is 10.8. The maximum absolute atomic E-state index is 14.7. The molecule has 232 valence electrons. The summed E-state index contributed by atoms with van der Waals surface area (Å²) in [6, 6.07) is 6.56. The van der Waals surface area contributed by atoms with Gasteiger partial charge in [-0.2, -0.15) is 26.3 Å². The molecule has 2 aliphatic rings. The number of hydrogen-bond donors (Lipinski definition) is 2. The Bertz CT molecular complexity index is 1330. The molecule has 1 unspecified atom stereocenters. The van der Waals surface area contributed by atoms with E-state index in [1.54, 1.807) is 0 Å². The number of carbonyl (C=O) groups excluding carboxylic acids is 1. The highest BCUT2D eigenvalue weighted by atomic mass is 32.2. The van der Waals surface area contributed by atoms with E-state index in [0.29, 0.717) is 31.9 Å². The first kappa shape index (κ1) is 32.2. The van der Waals surface area contributed by atoms with Gasteiger partial charge in [0, 0.05) is 36.1 Å². The number of halogens is 8. The fraction of sp³-hybridized carbons (Fsp3) is 0.536. The third-order valence-electron chi connectivity index (χ3n) is 8.36. The Kier molecular flexibility index (Phi) is 9.00. The number of amides is 1. The van der Waals surface area contributed by atoms with Gasteiger partial charge in [0.15, 0.2) is 0 Å². The number of rotatable bonds is 7. The van der Waals surface area contributed by atoms with Gasteiger partial charge in [-0.25, -0.2) is 17.8 Å². The standard InChI is InChI=1S/C28H30F8N2O3S/c29-22-5-7-23(8-6-22)42(37,40)25(13-9-19(10-14-25)24(39)38-17-18-11-15-41-16-12-18)20-1-3-21(4-2-20)26(30,27(31,32)33)28(34,35)36/h1-8,18-19,37H,9-17H2,(H,38,39). The van der Waals surface area contributed by atoms with Crippen LogP contribution in [0.4, 0.5) is 35.1 Å². The van der Waals surface area contributed by atoms with Crippen molar-refractivity contribution in [1.82, 2.24) is 5.32 Å². The zero-order valence-corrected chi connectivity index (χ0v) is 23.1. The smallest absolute Gasteiger partial charge is 0.381 e. The number of ether oxygens (including phenoxy) is 1. The molecule has 1 aliphatic carbocycles. The summed E-state index contributed by atoms with van der Waals surface area (Å²) in [6.07, 6.45) is -10.9. The third-order valence-corrected chi connectivity index (χ3v) is 11.0. The van der Waals surface area contributed by atoms with Gasteiger partial charge >= 0.3 is 18.0 Å². The first-order valence-corrected chi connectivity index (χ1v) is 14.9. The molecule has 1 aliphatic heterocycles. The summed E-state index contributed by atoms with van der Waals surface area (Å²) in [5.41, 5.74) is -7.39. The van der Waals surface area contributed by atoms with Crippen molar-refractivity contribution in [2.45, 2.75) is 66.2 Å². The van der Waals surface area contributed by atoms with Crippen LogP contribution in [-0.4, -0.2) is 42.2 Å². The largest absolute Gasteiger partial charge is 0.435 e. The van der Waals surface area contributed by atoms with Crippen molar-refractivity contribution < 1.29 is 48.9 Å². The summed E-state index contributed by atoms with van der Waals surface area (Å²) < 4.78 is 135. The van der Waals surface area contributed by atoms with Crippen LogP contribution >= 0.6 is 0 Å². The van der Waals surface area contributed by atoms with Crippen LogP contribution in [0.1, 0.15) is 49.7 Å². The van der Waals surface area contributed by atoms with E-state index >= 15 is 0 Å². The molecule has 0 radical (unpaired) electrons. The van der Waals surface area contributed by atoms with Gasteiger partial charge < -0.3 is 10.1 Å². The zero-order valence-electron chi connectivity index (χ0n) is 22.3. The molecule has 1 saturated heterocycles. The van der Waals surface area contributed by atoms with Gasteiger partial charge in [0.05, 0.1) is 14.5 Å². The molecule has 1 saturated carbocycles. The molecule has 1 atom stereocenters. The van der Waals surface area contributed by atoms with E-state index in [1.807, 2.05) is 0 Å². The van der Waals surface area contributed by atoms with Crippen molar-refractivity contribution in [2.24, 2.45) is 11.8 Å². The quantitative estimate of drug-likeness (QED) is 0.321. The number of benzene rings is 2. The molecule has 0 aromatic heterocycles. The maximum Gasteiger partial charge on any atom is 0.435 e. The second kappa shape index (κ2) is 11.7. The van der Waals surface area contributed by atoms with E-state index in [0.717, 1.165) is 49.2 Å². The predicted molar refractivity (Wildman–Crippen MR) is 137 cm³/mol. The van der Waals surface area contributed by atoms with Crippen LogP contribution in [0.15, 0.2) is 53.4 Å². The summed E-state index contributed by atoms with van der Waals surface area (Å²) in [5.74, 6) is -1.20. The summed E-state index contributed by atoms with van der Waals surface area (Å²) in [5, 5.41) is 2.91. The van der Waals surface area contributed by atoms with Crippen LogP contribution in [-0.2, 0) is 29.7 Å². The van der Waals surface area contributed by atoms with Gasteiger partial charge in [-0.05, 0) is 74.3 Å². The number of nitrogens with one attached hydrogen (secondary N) is 2. The highest BCUT2D eigenvalue weighted by Crippen LogP contribution is 2.54. The molecule has 42 heavy (non-hydrogen) atoms. The van der Waals surface area contributed by atoms with Crippen LogP contribution in [0.25, 0.3) is 0 Å². The van der Waals surface area contributed by atoms with Crippen molar-refractivity contribution in [3.05, 3.63) is 65.5 Å². The van der Waals surface area contributed by atoms with Crippen LogP contribution < -0.4 is 5.32 Å². The van der Waals surface area contributed by atoms with Crippen molar-refractivity contribution in [1.29, 1.82) is 4.78 Å². The van der Waals surface area contributed by atoms with Crippen molar-refractivity contribution >= 4 is 15.6 Å². The van der Waals surface area contributed by atoms with Crippen LogP contribution in [0.3, 0.4) is 0 Å². The van der Waals surface area contributed by atoms with Crippen molar-refractivity contribution in [2.75, 3.05) is 19.8 Å². The van der Waals surface area contributed by atoms with Crippen LogP contribution in [0, 0.1) is 22.4 Å². The molecular weight excluding hydrogens is 596 g/mol. The summed E-state index contributed by atoms with van der Waals surface area (Å²) in [6.45, 7) is 1.64. The molecule has 1 amide bonds. The summed E-state index contributed by atoms with van der Waals surface area (Å²) in [7, 11) is -3.93. The number of alkyl halides is 7. The summed E-state index contributed by atoms with van der Waals surface area (Å²) >= 11 is 0. The Hall–Kier alpha value is -2.74. The average molecular weight is 627 g/mol. The fourth-order valence-electron chi connectivity index (χ4n) is 5.77. The number of carbonyl (C=O) groups is 1. The van der Waals surface area contributed by atoms with E-state index < -0.39 is 49.8 Å². The van der Waals surface area contributed by atoms with Crippen molar-refractivity contribution in [3.8, 4) is 0 Å². The molecule has 14 heteroatoms. The Morgan fingerprint density at radius 3 is 1.90 bits per heavy atom. The van der Waals surface area contributed by atoms with E-state index in [2.05, 4.69) is 5.32 Å². The zero-order chi connectivity index (χ0) is 31.0. The van der Waals surface area contributed by atoms with Crippen LogP contribution in [0.5, 0.6) is 0 Å². The molecule has 1 heterocycles. The Morgan fingerprint density at radius 1 is 0.881 bits per heavy atom. The van der Waals surface area contributed by atoms with Gasteiger partial charge in [-0.3, -0.25) is 4.79 Å². The molecule has 4 rings (SSSR count). The van der Waals surface area contributed by atoms with E-state index in [4.69, 9.17) is 9.52 Å². The normalized spacial score (nSPS) is 24.1. The maximum atomic E-state index is 14.7. The topological polar surface area (TPSA) is 79.2 Å². The molecule has 2 aromatic rings. The van der Waals surface area contributed by atoms with E-state index in [1.165, 1.54) is 0 Å². The average Bonchev–Trinajstić information content (AvgIpc) is 2.95. The monoisotopic (exact) mass is 626 g/mol.